The van der Waals surface area contributed by atoms with Crippen molar-refractivity contribution in [1.29, 1.82) is 0 Å². The van der Waals surface area contributed by atoms with E-state index in [0.717, 1.165) is 5.56 Å². The molecule has 3 heterocycles. The maximum absolute atomic E-state index is 14.0. The molecule has 3 aliphatic rings. The molecule has 3 amide bonds. The Morgan fingerprint density at radius 1 is 0.919 bits per heavy atom. The van der Waals surface area contributed by atoms with Gasteiger partial charge in [0.05, 0.1) is 26.9 Å². The molecule has 37 heavy (non-hydrogen) atoms. The molecule has 196 valence electrons. The molecule has 9 heteroatoms. The van der Waals surface area contributed by atoms with Crippen LogP contribution in [0.3, 0.4) is 0 Å². The summed E-state index contributed by atoms with van der Waals surface area (Å²) < 4.78 is 17.1. The molecule has 0 aliphatic carbocycles. The van der Waals surface area contributed by atoms with E-state index < -0.39 is 11.8 Å². The fourth-order valence-electron chi connectivity index (χ4n) is 5.49. The van der Waals surface area contributed by atoms with Crippen molar-refractivity contribution < 1.29 is 28.6 Å². The molecule has 0 aromatic heterocycles. The molecule has 0 N–H and O–H groups in total. The first-order valence-electron chi connectivity index (χ1n) is 12.8. The molecule has 2 aromatic rings. The summed E-state index contributed by atoms with van der Waals surface area (Å²) >= 11 is 0. The normalized spacial score (nSPS) is 21.2. The monoisotopic (exact) mass is 507 g/mol. The summed E-state index contributed by atoms with van der Waals surface area (Å²) in [6.07, 6.45) is 0.848. The van der Waals surface area contributed by atoms with E-state index in [1.54, 1.807) is 41.2 Å². The minimum Gasteiger partial charge on any atom is -0.497 e. The average molecular weight is 508 g/mol. The summed E-state index contributed by atoms with van der Waals surface area (Å²) in [6, 6.07) is 13.7. The number of benzene rings is 2. The summed E-state index contributed by atoms with van der Waals surface area (Å²) in [5.41, 5.74) is 1.07. The lowest BCUT2D eigenvalue weighted by atomic mass is 9.95. The van der Waals surface area contributed by atoms with Crippen LogP contribution in [-0.4, -0.2) is 97.3 Å². The van der Waals surface area contributed by atoms with Crippen molar-refractivity contribution in [2.45, 2.75) is 31.5 Å². The maximum Gasteiger partial charge on any atom is 0.257 e. The minimum absolute atomic E-state index is 0.0300. The molecular formula is C28H33N3O6. The Balaban J connectivity index is 1.41. The van der Waals surface area contributed by atoms with Gasteiger partial charge in [0.1, 0.15) is 17.5 Å². The van der Waals surface area contributed by atoms with Crippen LogP contribution < -0.4 is 4.74 Å². The zero-order chi connectivity index (χ0) is 26.0. The predicted molar refractivity (Wildman–Crippen MR) is 135 cm³/mol. The predicted octanol–water partition coefficient (Wildman–Crippen LogP) is 2.34. The van der Waals surface area contributed by atoms with E-state index in [-0.39, 0.29) is 24.3 Å². The largest absolute Gasteiger partial charge is 0.497 e. The molecule has 9 nitrogen and oxygen atoms in total. The third-order valence-corrected chi connectivity index (χ3v) is 7.61. The number of likely N-dealkylation sites (tertiary alicyclic amines) is 1. The summed E-state index contributed by atoms with van der Waals surface area (Å²) in [7, 11) is 1.55. The van der Waals surface area contributed by atoms with Crippen molar-refractivity contribution >= 4 is 17.7 Å². The number of morpholine rings is 1. The van der Waals surface area contributed by atoms with Gasteiger partial charge < -0.3 is 24.0 Å². The van der Waals surface area contributed by atoms with Gasteiger partial charge in [-0.3, -0.25) is 19.3 Å². The van der Waals surface area contributed by atoms with Crippen LogP contribution in [0.4, 0.5) is 0 Å². The molecule has 3 aliphatic heterocycles. The van der Waals surface area contributed by atoms with E-state index in [1.807, 2.05) is 36.1 Å². The quantitative estimate of drug-likeness (QED) is 0.631. The fraction of sp³-hybridized carbons (Fsp3) is 0.464. The van der Waals surface area contributed by atoms with E-state index in [9.17, 15) is 14.4 Å². The zero-order valence-electron chi connectivity index (χ0n) is 21.4. The van der Waals surface area contributed by atoms with Crippen molar-refractivity contribution in [3.05, 3.63) is 65.2 Å². The van der Waals surface area contributed by atoms with Gasteiger partial charge in [0.15, 0.2) is 0 Å². The average Bonchev–Trinajstić information content (AvgIpc) is 3.31. The second kappa shape index (κ2) is 10.5. The first kappa shape index (κ1) is 25.2. The Hall–Kier alpha value is -3.43. The molecule has 5 rings (SSSR count). The lowest BCUT2D eigenvalue weighted by molar-refractivity contribution is -0.141. The Bertz CT molecular complexity index is 1170. The lowest BCUT2D eigenvalue weighted by Gasteiger charge is -2.45. The lowest BCUT2D eigenvalue weighted by Crippen LogP contribution is -2.60. The number of rotatable bonds is 4. The van der Waals surface area contributed by atoms with Crippen molar-refractivity contribution in [2.75, 3.05) is 53.1 Å². The van der Waals surface area contributed by atoms with Crippen LogP contribution in [0, 0.1) is 6.92 Å². The highest BCUT2D eigenvalue weighted by atomic mass is 16.5. The first-order chi connectivity index (χ1) is 17.9. The molecule has 0 saturated carbocycles. The summed E-state index contributed by atoms with van der Waals surface area (Å²) in [4.78, 5) is 46.0. The van der Waals surface area contributed by atoms with Crippen LogP contribution in [-0.2, 0) is 14.3 Å². The van der Waals surface area contributed by atoms with Crippen LogP contribution in [0.1, 0.15) is 39.1 Å². The van der Waals surface area contributed by atoms with Gasteiger partial charge in [-0.1, -0.05) is 24.3 Å². The summed E-state index contributed by atoms with van der Waals surface area (Å²) in [6.45, 7) is 4.83. The topological polar surface area (TPSA) is 88.6 Å². The SMILES string of the molecule is COc1cccc(C(=O)N2C(C(=O)N3CCOCC3)COC23CCN(C(=O)c2ccccc2C)CC3)c1. The Morgan fingerprint density at radius 2 is 1.65 bits per heavy atom. The number of hydrogen-bond acceptors (Lipinski definition) is 6. The maximum atomic E-state index is 14.0. The highest BCUT2D eigenvalue weighted by Gasteiger charge is 2.55. The Kier molecular flexibility index (Phi) is 7.17. The highest BCUT2D eigenvalue weighted by Crippen LogP contribution is 2.39. The van der Waals surface area contributed by atoms with E-state index in [1.165, 1.54) is 0 Å². The number of methoxy groups -OCH3 is 1. The van der Waals surface area contributed by atoms with Crippen LogP contribution >= 0.6 is 0 Å². The van der Waals surface area contributed by atoms with Gasteiger partial charge in [-0.2, -0.15) is 0 Å². The molecule has 1 atom stereocenters. The van der Waals surface area contributed by atoms with Crippen molar-refractivity contribution in [3.8, 4) is 5.75 Å². The van der Waals surface area contributed by atoms with Gasteiger partial charge in [0.25, 0.3) is 11.8 Å². The Labute approximate surface area is 216 Å². The second-order valence-corrected chi connectivity index (χ2v) is 9.72. The van der Waals surface area contributed by atoms with Crippen molar-refractivity contribution in [3.63, 3.8) is 0 Å². The number of amides is 3. The molecule has 3 saturated heterocycles. The van der Waals surface area contributed by atoms with Gasteiger partial charge in [-0.25, -0.2) is 0 Å². The van der Waals surface area contributed by atoms with Crippen LogP contribution in [0.15, 0.2) is 48.5 Å². The number of aryl methyl sites for hydroxylation is 1. The standard InChI is InChI=1S/C28H33N3O6/c1-20-6-3-4-9-23(20)26(33)29-12-10-28(11-13-29)31(25(32)21-7-5-8-22(18-21)35-2)24(19-37-28)27(34)30-14-16-36-17-15-30/h3-9,18,24H,10-17,19H2,1-2H3. The first-order valence-corrected chi connectivity index (χ1v) is 12.8. The van der Waals surface area contributed by atoms with E-state index >= 15 is 0 Å². The molecular weight excluding hydrogens is 474 g/mol. The molecule has 0 bridgehead atoms. The van der Waals surface area contributed by atoms with E-state index in [2.05, 4.69) is 0 Å². The fourth-order valence-corrected chi connectivity index (χ4v) is 5.49. The van der Waals surface area contributed by atoms with Gasteiger partial charge in [0, 0.05) is 50.1 Å². The molecule has 3 fully saturated rings. The van der Waals surface area contributed by atoms with Gasteiger partial charge in [0.2, 0.25) is 5.91 Å². The zero-order valence-corrected chi connectivity index (χ0v) is 21.4. The van der Waals surface area contributed by atoms with Crippen molar-refractivity contribution in [2.24, 2.45) is 0 Å². The third kappa shape index (κ3) is 4.81. The number of carbonyl (C=O) groups is 3. The van der Waals surface area contributed by atoms with Gasteiger partial charge >= 0.3 is 0 Å². The molecule has 2 aromatic carbocycles. The summed E-state index contributed by atoms with van der Waals surface area (Å²) in [5.74, 6) is 0.129. The Morgan fingerprint density at radius 3 is 2.35 bits per heavy atom. The molecule has 1 unspecified atom stereocenters. The number of piperidine rings is 1. The van der Waals surface area contributed by atoms with Gasteiger partial charge in [-0.05, 0) is 36.8 Å². The van der Waals surface area contributed by atoms with E-state index in [0.29, 0.717) is 69.1 Å². The minimum atomic E-state index is -0.963. The third-order valence-electron chi connectivity index (χ3n) is 7.61. The van der Waals surface area contributed by atoms with Crippen LogP contribution in [0.2, 0.25) is 0 Å². The van der Waals surface area contributed by atoms with Crippen LogP contribution in [0.5, 0.6) is 5.75 Å². The molecule has 0 radical (unpaired) electrons. The van der Waals surface area contributed by atoms with Gasteiger partial charge in [-0.15, -0.1) is 0 Å². The smallest absolute Gasteiger partial charge is 0.257 e. The van der Waals surface area contributed by atoms with Crippen molar-refractivity contribution in [1.82, 2.24) is 14.7 Å². The second-order valence-electron chi connectivity index (χ2n) is 9.72. The highest BCUT2D eigenvalue weighted by molar-refractivity contribution is 5.99. The van der Waals surface area contributed by atoms with Crippen LogP contribution in [0.25, 0.3) is 0 Å². The van der Waals surface area contributed by atoms with E-state index in [4.69, 9.17) is 14.2 Å². The number of nitrogens with zero attached hydrogens (tertiary/aromatic N) is 3. The number of hydrogen-bond donors (Lipinski definition) is 0. The summed E-state index contributed by atoms with van der Waals surface area (Å²) in [5, 5.41) is 0. The molecule has 1 spiro atoms. The number of ether oxygens (including phenoxy) is 3. The number of carbonyl (C=O) groups excluding carboxylic acids is 3.